The van der Waals surface area contributed by atoms with Crippen LogP contribution in [0.2, 0.25) is 19.6 Å². The minimum absolute atomic E-state index is 0.103. The van der Waals surface area contributed by atoms with Gasteiger partial charge in [-0.3, -0.25) is 4.79 Å². The fraction of sp³-hybridized carbons (Fsp3) is 0.400. The fourth-order valence-electron chi connectivity index (χ4n) is 1.82. The molecule has 18 heavy (non-hydrogen) atoms. The van der Waals surface area contributed by atoms with Gasteiger partial charge in [0.1, 0.15) is 0 Å². The van der Waals surface area contributed by atoms with E-state index >= 15 is 0 Å². The van der Waals surface area contributed by atoms with Gasteiger partial charge in [0.15, 0.2) is 5.78 Å². The maximum absolute atomic E-state index is 12.4. The Morgan fingerprint density at radius 3 is 2.33 bits per heavy atom. The summed E-state index contributed by atoms with van der Waals surface area (Å²) in [4.78, 5) is 12.4. The predicted octanol–water partition coefficient (Wildman–Crippen LogP) is 3.45. The highest BCUT2D eigenvalue weighted by Crippen LogP contribution is 2.17. The lowest BCUT2D eigenvalue weighted by Gasteiger charge is -2.14. The number of aliphatic hydroxyl groups excluding tert-OH is 1. The third-order valence-corrected chi connectivity index (χ3v) is 3.75. The topological polar surface area (TPSA) is 37.3 Å². The molecule has 0 bridgehead atoms. The Bertz CT molecular complexity index is 416. The summed E-state index contributed by atoms with van der Waals surface area (Å²) in [6.45, 7) is 6.77. The molecule has 0 aliphatic heterocycles. The molecule has 0 aliphatic carbocycles. The number of rotatable bonds is 6. The molecule has 1 rings (SSSR count). The molecule has 0 unspecified atom stereocenters. The first kappa shape index (κ1) is 14.9. The number of carbonyl (C=O) groups is 1. The third kappa shape index (κ3) is 4.98. The maximum atomic E-state index is 12.4. The van der Waals surface area contributed by atoms with Gasteiger partial charge in [-0.15, -0.1) is 0 Å². The third-order valence-electron chi connectivity index (χ3n) is 2.54. The number of benzene rings is 1. The van der Waals surface area contributed by atoms with E-state index in [1.807, 2.05) is 30.3 Å². The van der Waals surface area contributed by atoms with Crippen LogP contribution in [0, 0.1) is 0 Å². The molecule has 1 aromatic rings. The van der Waals surface area contributed by atoms with Crippen molar-refractivity contribution in [3.05, 3.63) is 47.2 Å². The molecule has 1 aromatic carbocycles. The second-order valence-electron chi connectivity index (χ2n) is 5.56. The van der Waals surface area contributed by atoms with E-state index in [4.69, 9.17) is 5.11 Å². The van der Waals surface area contributed by atoms with Gasteiger partial charge in [-0.05, 0) is 18.4 Å². The van der Waals surface area contributed by atoms with Crippen LogP contribution in [0.1, 0.15) is 23.2 Å². The zero-order valence-corrected chi connectivity index (χ0v) is 12.4. The van der Waals surface area contributed by atoms with Gasteiger partial charge in [0.05, 0.1) is 8.07 Å². The van der Waals surface area contributed by atoms with Crippen LogP contribution in [-0.4, -0.2) is 25.6 Å². The lowest BCUT2D eigenvalue weighted by Crippen LogP contribution is -2.19. The first-order chi connectivity index (χ1) is 8.44. The van der Waals surface area contributed by atoms with Crippen molar-refractivity contribution in [3.63, 3.8) is 0 Å². The van der Waals surface area contributed by atoms with Crippen molar-refractivity contribution in [1.82, 2.24) is 0 Å². The normalized spacial score (nSPS) is 12.6. The molecular weight excluding hydrogens is 240 g/mol. The zero-order chi connectivity index (χ0) is 13.6. The number of carbonyl (C=O) groups excluding carboxylic acids is 1. The van der Waals surface area contributed by atoms with Crippen LogP contribution in [0.15, 0.2) is 41.6 Å². The van der Waals surface area contributed by atoms with Crippen LogP contribution < -0.4 is 0 Å². The van der Waals surface area contributed by atoms with Gasteiger partial charge in [-0.2, -0.15) is 0 Å². The summed E-state index contributed by atoms with van der Waals surface area (Å²) in [7, 11) is -1.43. The zero-order valence-electron chi connectivity index (χ0n) is 11.4. The molecule has 0 radical (unpaired) electrons. The van der Waals surface area contributed by atoms with Crippen LogP contribution in [0.5, 0.6) is 0 Å². The van der Waals surface area contributed by atoms with Crippen molar-refractivity contribution in [1.29, 1.82) is 0 Å². The quantitative estimate of drug-likeness (QED) is 0.484. The molecule has 98 valence electrons. The Hall–Kier alpha value is -1.19. The average molecular weight is 262 g/mol. The standard InChI is InChI=1S/C15H22O2Si/c1-18(2,3)12-14(10-7-11-16)15(17)13-8-5-4-6-9-13/h4-6,8-9,12,16H,7,10-11H2,1-3H3. The summed E-state index contributed by atoms with van der Waals surface area (Å²) in [5, 5.41) is 8.94. The van der Waals surface area contributed by atoms with Crippen molar-refractivity contribution < 1.29 is 9.90 Å². The van der Waals surface area contributed by atoms with E-state index in [0.717, 1.165) is 11.1 Å². The molecule has 0 aliphatic rings. The van der Waals surface area contributed by atoms with E-state index in [0.29, 0.717) is 12.8 Å². The number of hydrogen-bond acceptors (Lipinski definition) is 2. The number of hydrogen-bond donors (Lipinski definition) is 1. The van der Waals surface area contributed by atoms with E-state index in [1.54, 1.807) is 0 Å². The lowest BCUT2D eigenvalue weighted by molar-refractivity contribution is 0.102. The average Bonchev–Trinajstić information content (AvgIpc) is 2.33. The molecule has 0 amide bonds. The molecule has 0 aromatic heterocycles. The van der Waals surface area contributed by atoms with E-state index in [9.17, 15) is 4.79 Å². The van der Waals surface area contributed by atoms with Crippen molar-refractivity contribution in [2.75, 3.05) is 6.61 Å². The summed E-state index contributed by atoms with van der Waals surface area (Å²) in [5.41, 5.74) is 3.74. The number of allylic oxidation sites excluding steroid dienone is 1. The maximum Gasteiger partial charge on any atom is 0.188 e. The lowest BCUT2D eigenvalue weighted by atomic mass is 10.0. The van der Waals surface area contributed by atoms with E-state index in [-0.39, 0.29) is 12.4 Å². The highest BCUT2D eigenvalue weighted by molar-refractivity contribution is 6.81. The highest BCUT2D eigenvalue weighted by Gasteiger charge is 2.17. The van der Waals surface area contributed by atoms with E-state index in [2.05, 4.69) is 25.3 Å². The molecule has 0 fully saturated rings. The Labute approximate surface area is 110 Å². The van der Waals surface area contributed by atoms with Crippen molar-refractivity contribution in [2.45, 2.75) is 32.5 Å². The molecule has 0 spiro atoms. The first-order valence-corrected chi connectivity index (χ1v) is 9.94. The fourth-order valence-corrected chi connectivity index (χ4v) is 3.14. The van der Waals surface area contributed by atoms with Gasteiger partial charge in [-0.25, -0.2) is 0 Å². The molecular formula is C15H22O2Si. The number of Topliss-reactive ketones (excluding diaryl/α,β-unsaturated/α-hetero) is 1. The Morgan fingerprint density at radius 1 is 1.22 bits per heavy atom. The highest BCUT2D eigenvalue weighted by atomic mass is 28.3. The molecule has 0 atom stereocenters. The number of ketones is 1. The van der Waals surface area contributed by atoms with Gasteiger partial charge < -0.3 is 5.11 Å². The molecule has 0 heterocycles. The Morgan fingerprint density at radius 2 is 1.83 bits per heavy atom. The van der Waals surface area contributed by atoms with Gasteiger partial charge >= 0.3 is 0 Å². The van der Waals surface area contributed by atoms with E-state index in [1.165, 1.54) is 0 Å². The minimum Gasteiger partial charge on any atom is -0.396 e. The van der Waals surface area contributed by atoms with Crippen molar-refractivity contribution in [3.8, 4) is 0 Å². The van der Waals surface area contributed by atoms with Crippen LogP contribution >= 0.6 is 0 Å². The molecule has 2 nitrogen and oxygen atoms in total. The van der Waals surface area contributed by atoms with Crippen LogP contribution in [-0.2, 0) is 0 Å². The smallest absolute Gasteiger partial charge is 0.188 e. The molecule has 0 saturated carbocycles. The summed E-state index contributed by atoms with van der Waals surface area (Å²) in [6, 6.07) is 9.36. The minimum atomic E-state index is -1.43. The van der Waals surface area contributed by atoms with Gasteiger partial charge in [-0.1, -0.05) is 55.7 Å². The summed E-state index contributed by atoms with van der Waals surface area (Å²) < 4.78 is 0. The SMILES string of the molecule is C[Si](C)(C)C=C(CCCO)C(=O)c1ccccc1. The number of aliphatic hydroxyl groups is 1. The van der Waals surface area contributed by atoms with Crippen molar-refractivity contribution >= 4 is 13.9 Å². The van der Waals surface area contributed by atoms with E-state index < -0.39 is 8.07 Å². The van der Waals surface area contributed by atoms with Gasteiger partial charge in [0.25, 0.3) is 0 Å². The predicted molar refractivity (Wildman–Crippen MR) is 78.5 cm³/mol. The first-order valence-electron chi connectivity index (χ1n) is 6.36. The molecule has 3 heteroatoms. The van der Waals surface area contributed by atoms with Crippen LogP contribution in [0.25, 0.3) is 0 Å². The summed E-state index contributed by atoms with van der Waals surface area (Å²) in [6.07, 6.45) is 1.31. The second-order valence-corrected chi connectivity index (χ2v) is 10.6. The largest absolute Gasteiger partial charge is 0.396 e. The Balaban J connectivity index is 2.97. The van der Waals surface area contributed by atoms with Gasteiger partial charge in [0, 0.05) is 12.2 Å². The molecule has 1 N–H and O–H groups in total. The van der Waals surface area contributed by atoms with Crippen molar-refractivity contribution in [2.24, 2.45) is 0 Å². The summed E-state index contributed by atoms with van der Waals surface area (Å²) in [5.74, 6) is 0.103. The second kappa shape index (κ2) is 6.66. The van der Waals surface area contributed by atoms with Crippen LogP contribution in [0.3, 0.4) is 0 Å². The van der Waals surface area contributed by atoms with Crippen LogP contribution in [0.4, 0.5) is 0 Å². The molecule has 0 saturated heterocycles. The Kier molecular flexibility index (Phi) is 5.50. The monoisotopic (exact) mass is 262 g/mol. The summed E-state index contributed by atoms with van der Waals surface area (Å²) >= 11 is 0. The van der Waals surface area contributed by atoms with Gasteiger partial charge in [0.2, 0.25) is 0 Å².